The van der Waals surface area contributed by atoms with Crippen molar-refractivity contribution < 1.29 is 0 Å². The largest absolute Gasteiger partial charge is 0.382 e. The number of nitrogens with zero attached hydrogens (tertiary/aromatic N) is 5. The number of halogens is 1. The molecule has 0 spiro atoms. The van der Waals surface area contributed by atoms with Gasteiger partial charge in [0, 0.05) is 34.8 Å². The van der Waals surface area contributed by atoms with Gasteiger partial charge >= 0.3 is 0 Å². The molecule has 0 aliphatic carbocycles. The molecule has 1 saturated heterocycles. The topological polar surface area (TPSA) is 86.1 Å². The Hall–Kier alpha value is -3.42. The third-order valence-corrected chi connectivity index (χ3v) is 6.81. The number of piperidine rings is 1. The van der Waals surface area contributed by atoms with Crippen molar-refractivity contribution in [1.29, 1.82) is 0 Å². The van der Waals surface area contributed by atoms with E-state index in [1.165, 1.54) is 22.3 Å². The first-order chi connectivity index (χ1) is 16.2. The number of nitrogens with one attached hydrogen (secondary N) is 1. The van der Waals surface area contributed by atoms with Crippen molar-refractivity contribution in [3.63, 3.8) is 0 Å². The number of aryl methyl sites for hydroxylation is 1. The number of hydrogen-bond donors (Lipinski definition) is 2. The first-order valence-corrected chi connectivity index (χ1v) is 11.5. The number of anilines is 1. The summed E-state index contributed by atoms with van der Waals surface area (Å²) in [7, 11) is 0. The zero-order chi connectivity index (χ0) is 22.4. The smallest absolute Gasteiger partial charge is 0.151 e. The standard InChI is InChI=1S/C26H27N7.ClH/c1-17-21-10-9-19(12-23(21)31-32(17)15-18-6-3-2-4-7-18)22-13-24(20-8-5-11-28-14-20)33-25(22)26(27)29-16-30-33;/h2-4,6-7,9-10,12-13,16,20,28H,5,8,11,14-15H2,1H3,(H2,27,29,30);1H. The molecule has 1 aliphatic rings. The molecule has 34 heavy (non-hydrogen) atoms. The highest BCUT2D eigenvalue weighted by Crippen LogP contribution is 2.36. The van der Waals surface area contributed by atoms with Gasteiger partial charge in [0.1, 0.15) is 11.8 Å². The van der Waals surface area contributed by atoms with Crippen molar-refractivity contribution in [2.45, 2.75) is 32.2 Å². The molecule has 0 amide bonds. The normalized spacial score (nSPS) is 16.1. The minimum absolute atomic E-state index is 0. The molecule has 4 heterocycles. The van der Waals surface area contributed by atoms with E-state index in [4.69, 9.17) is 10.8 Å². The van der Waals surface area contributed by atoms with E-state index in [9.17, 15) is 0 Å². The van der Waals surface area contributed by atoms with E-state index in [0.717, 1.165) is 54.6 Å². The van der Waals surface area contributed by atoms with Gasteiger partial charge in [-0.1, -0.05) is 42.5 Å². The number of rotatable bonds is 4. The van der Waals surface area contributed by atoms with Crippen LogP contribution in [0.25, 0.3) is 27.5 Å². The van der Waals surface area contributed by atoms with Gasteiger partial charge < -0.3 is 11.1 Å². The van der Waals surface area contributed by atoms with Crippen molar-refractivity contribution in [2.24, 2.45) is 0 Å². The molecule has 1 unspecified atom stereocenters. The van der Waals surface area contributed by atoms with Crippen molar-refractivity contribution in [3.05, 3.63) is 77.9 Å². The van der Waals surface area contributed by atoms with Gasteiger partial charge in [-0.2, -0.15) is 10.2 Å². The number of benzene rings is 2. The monoisotopic (exact) mass is 473 g/mol. The van der Waals surface area contributed by atoms with E-state index in [1.807, 2.05) is 10.6 Å². The first-order valence-electron chi connectivity index (χ1n) is 11.5. The Morgan fingerprint density at radius 2 is 1.97 bits per heavy atom. The maximum absolute atomic E-state index is 6.36. The number of hydrogen-bond acceptors (Lipinski definition) is 5. The van der Waals surface area contributed by atoms with Crippen LogP contribution in [0.4, 0.5) is 5.82 Å². The van der Waals surface area contributed by atoms with Crippen LogP contribution in [0, 0.1) is 6.92 Å². The molecule has 7 nitrogen and oxygen atoms in total. The second kappa shape index (κ2) is 9.08. The average Bonchev–Trinajstić information content (AvgIpc) is 3.39. The summed E-state index contributed by atoms with van der Waals surface area (Å²) < 4.78 is 4.07. The SMILES string of the molecule is Cc1c2ccc(-c3cc(C4CCCNC4)n4ncnc(N)c34)cc2nn1Cc1ccccc1.Cl. The highest BCUT2D eigenvalue weighted by Gasteiger charge is 2.23. The lowest BCUT2D eigenvalue weighted by atomic mass is 9.95. The van der Waals surface area contributed by atoms with Crippen LogP contribution in [0.2, 0.25) is 0 Å². The van der Waals surface area contributed by atoms with E-state index >= 15 is 0 Å². The summed E-state index contributed by atoms with van der Waals surface area (Å²) in [6, 6.07) is 19.2. The van der Waals surface area contributed by atoms with Crippen LogP contribution < -0.4 is 11.1 Å². The Kier molecular flexibility index (Phi) is 5.98. The Labute approximate surface area is 204 Å². The fourth-order valence-corrected chi connectivity index (χ4v) is 5.05. The molecule has 1 atom stereocenters. The van der Waals surface area contributed by atoms with Gasteiger partial charge in [0.2, 0.25) is 0 Å². The second-order valence-electron chi connectivity index (χ2n) is 8.89. The number of fused-ring (bicyclic) bond motifs is 2. The van der Waals surface area contributed by atoms with Crippen LogP contribution >= 0.6 is 12.4 Å². The average molecular weight is 474 g/mol. The molecule has 1 fully saturated rings. The van der Waals surface area contributed by atoms with E-state index < -0.39 is 0 Å². The summed E-state index contributed by atoms with van der Waals surface area (Å²) >= 11 is 0. The number of nitrogens with two attached hydrogens (primary N) is 1. The van der Waals surface area contributed by atoms with Crippen LogP contribution in [0.15, 0.2) is 60.9 Å². The Morgan fingerprint density at radius 3 is 2.76 bits per heavy atom. The van der Waals surface area contributed by atoms with Crippen LogP contribution in [0.5, 0.6) is 0 Å². The highest BCUT2D eigenvalue weighted by molar-refractivity contribution is 5.93. The third-order valence-electron chi connectivity index (χ3n) is 6.81. The molecular formula is C26H28ClN7. The van der Waals surface area contributed by atoms with Gasteiger partial charge in [0.15, 0.2) is 5.82 Å². The summed E-state index contributed by atoms with van der Waals surface area (Å²) in [6.45, 7) is 4.92. The molecule has 3 aromatic heterocycles. The van der Waals surface area contributed by atoms with E-state index in [0.29, 0.717) is 11.7 Å². The van der Waals surface area contributed by atoms with E-state index in [2.05, 4.69) is 75.5 Å². The van der Waals surface area contributed by atoms with E-state index in [1.54, 1.807) is 6.33 Å². The summed E-state index contributed by atoms with van der Waals surface area (Å²) in [5.74, 6) is 0.909. The Balaban J connectivity index is 0.00000241. The predicted octanol–water partition coefficient (Wildman–Crippen LogP) is 4.57. The summed E-state index contributed by atoms with van der Waals surface area (Å²) in [4.78, 5) is 4.29. The Morgan fingerprint density at radius 1 is 1.12 bits per heavy atom. The van der Waals surface area contributed by atoms with Crippen molar-refractivity contribution in [3.8, 4) is 11.1 Å². The molecule has 174 valence electrons. The van der Waals surface area contributed by atoms with Crippen LogP contribution in [0.1, 0.15) is 35.7 Å². The summed E-state index contributed by atoms with van der Waals surface area (Å²) in [5, 5.41) is 14.2. The van der Waals surface area contributed by atoms with Crippen LogP contribution in [-0.2, 0) is 6.54 Å². The zero-order valence-corrected chi connectivity index (χ0v) is 19.9. The molecule has 5 aromatic rings. The molecular weight excluding hydrogens is 446 g/mol. The molecule has 6 rings (SSSR count). The summed E-state index contributed by atoms with van der Waals surface area (Å²) in [5.41, 5.74) is 13.9. The lowest BCUT2D eigenvalue weighted by Gasteiger charge is -2.22. The fraction of sp³-hybridized carbons (Fsp3) is 0.269. The number of aromatic nitrogens is 5. The minimum atomic E-state index is 0. The second-order valence-corrected chi connectivity index (χ2v) is 8.89. The van der Waals surface area contributed by atoms with Gasteiger partial charge in [0.05, 0.1) is 12.1 Å². The van der Waals surface area contributed by atoms with Gasteiger partial charge in [-0.25, -0.2) is 9.50 Å². The van der Waals surface area contributed by atoms with Crippen molar-refractivity contribution in [2.75, 3.05) is 18.8 Å². The van der Waals surface area contributed by atoms with Gasteiger partial charge in [-0.3, -0.25) is 4.68 Å². The lowest BCUT2D eigenvalue weighted by Crippen LogP contribution is -2.29. The predicted molar refractivity (Wildman–Crippen MR) is 139 cm³/mol. The molecule has 8 heteroatoms. The number of nitrogen functional groups attached to an aromatic ring is 1. The molecule has 2 aromatic carbocycles. The Bertz CT molecular complexity index is 1450. The molecule has 0 saturated carbocycles. The molecule has 3 N–H and O–H groups in total. The zero-order valence-electron chi connectivity index (χ0n) is 19.1. The van der Waals surface area contributed by atoms with Crippen molar-refractivity contribution in [1.82, 2.24) is 29.7 Å². The van der Waals surface area contributed by atoms with E-state index in [-0.39, 0.29) is 12.4 Å². The molecule has 0 bridgehead atoms. The first kappa shape index (κ1) is 22.4. The van der Waals surface area contributed by atoms with Gasteiger partial charge in [-0.15, -0.1) is 12.4 Å². The summed E-state index contributed by atoms with van der Waals surface area (Å²) in [6.07, 6.45) is 3.85. The molecule has 0 radical (unpaired) electrons. The van der Waals surface area contributed by atoms with Crippen LogP contribution in [-0.4, -0.2) is 37.5 Å². The van der Waals surface area contributed by atoms with Gasteiger partial charge in [0.25, 0.3) is 0 Å². The third kappa shape index (κ3) is 3.81. The van der Waals surface area contributed by atoms with Crippen molar-refractivity contribution >= 4 is 34.6 Å². The lowest BCUT2D eigenvalue weighted by molar-refractivity contribution is 0.449. The minimum Gasteiger partial charge on any atom is -0.382 e. The maximum atomic E-state index is 6.36. The van der Waals surface area contributed by atoms with Gasteiger partial charge in [-0.05, 0) is 49.6 Å². The van der Waals surface area contributed by atoms with Crippen LogP contribution in [0.3, 0.4) is 0 Å². The highest BCUT2D eigenvalue weighted by atomic mass is 35.5. The maximum Gasteiger partial charge on any atom is 0.151 e. The molecule has 1 aliphatic heterocycles. The fourth-order valence-electron chi connectivity index (χ4n) is 5.05. The quantitative estimate of drug-likeness (QED) is 0.399.